The number of hydrogen-bond acceptors (Lipinski definition) is 0. The van der Waals surface area contributed by atoms with E-state index in [9.17, 15) is 0 Å². The maximum absolute atomic E-state index is 6.49. The molecule has 0 aliphatic carbocycles. The molecule has 0 saturated carbocycles. The van der Waals surface area contributed by atoms with Gasteiger partial charge < -0.3 is 0 Å². The van der Waals surface area contributed by atoms with E-state index in [1.54, 1.807) is 12.1 Å². The first-order valence-corrected chi connectivity index (χ1v) is 6.84. The molecule has 2 rings (SSSR count). The average Bonchev–Trinajstić information content (AvgIpc) is 2.35. The van der Waals surface area contributed by atoms with Crippen molar-refractivity contribution >= 4 is 34.8 Å². The Bertz CT molecular complexity index is 576. The lowest BCUT2D eigenvalue weighted by Gasteiger charge is -2.14. The fourth-order valence-corrected chi connectivity index (χ4v) is 2.59. The van der Waals surface area contributed by atoms with Crippen LogP contribution in [0.3, 0.4) is 0 Å². The van der Waals surface area contributed by atoms with Gasteiger partial charge in [-0.25, -0.2) is 0 Å². The van der Waals surface area contributed by atoms with Crippen LogP contribution < -0.4 is 0 Å². The molecule has 0 saturated heterocycles. The first-order chi connectivity index (χ1) is 8.49. The molecule has 0 aliphatic heterocycles. The Morgan fingerprint density at radius 2 is 1.61 bits per heavy atom. The standard InChI is InChI=1S/C15H13Cl3/c1-9-3-4-11(7-10(9)2)15(18)13-8-12(16)5-6-14(13)17/h3-8,15H,1-2H3. The third kappa shape index (κ3) is 2.83. The summed E-state index contributed by atoms with van der Waals surface area (Å²) < 4.78 is 0. The monoisotopic (exact) mass is 298 g/mol. The minimum absolute atomic E-state index is 0.282. The molecule has 0 aromatic heterocycles. The third-order valence-electron chi connectivity index (χ3n) is 3.05. The van der Waals surface area contributed by atoms with E-state index in [0.717, 1.165) is 11.1 Å². The molecule has 0 fully saturated rings. The van der Waals surface area contributed by atoms with Crippen LogP contribution >= 0.6 is 34.8 Å². The number of aryl methyl sites for hydroxylation is 2. The van der Waals surface area contributed by atoms with Gasteiger partial charge in [0.25, 0.3) is 0 Å². The van der Waals surface area contributed by atoms with Crippen molar-refractivity contribution in [2.75, 3.05) is 0 Å². The van der Waals surface area contributed by atoms with Gasteiger partial charge in [-0.1, -0.05) is 41.4 Å². The van der Waals surface area contributed by atoms with E-state index in [4.69, 9.17) is 34.8 Å². The Labute approximate surface area is 122 Å². The number of hydrogen-bond donors (Lipinski definition) is 0. The van der Waals surface area contributed by atoms with E-state index in [0.29, 0.717) is 10.0 Å². The molecule has 0 bridgehead atoms. The van der Waals surface area contributed by atoms with Gasteiger partial charge in [0.15, 0.2) is 0 Å². The van der Waals surface area contributed by atoms with E-state index < -0.39 is 0 Å². The summed E-state index contributed by atoms with van der Waals surface area (Å²) in [6.07, 6.45) is 0. The van der Waals surface area contributed by atoms with Crippen LogP contribution in [0.25, 0.3) is 0 Å². The van der Waals surface area contributed by atoms with Crippen LogP contribution in [0.15, 0.2) is 36.4 Å². The zero-order chi connectivity index (χ0) is 13.3. The van der Waals surface area contributed by atoms with Gasteiger partial charge in [0.05, 0.1) is 5.38 Å². The quantitative estimate of drug-likeness (QED) is 0.602. The molecule has 94 valence electrons. The van der Waals surface area contributed by atoms with Crippen LogP contribution in [0.2, 0.25) is 10.0 Å². The molecule has 2 aromatic rings. The van der Waals surface area contributed by atoms with E-state index in [-0.39, 0.29) is 5.38 Å². The van der Waals surface area contributed by atoms with Crippen LogP contribution in [0.5, 0.6) is 0 Å². The second kappa shape index (κ2) is 5.52. The van der Waals surface area contributed by atoms with Crippen molar-refractivity contribution in [3.05, 3.63) is 68.7 Å². The van der Waals surface area contributed by atoms with Gasteiger partial charge in [0.1, 0.15) is 0 Å². The molecule has 1 atom stereocenters. The normalized spacial score (nSPS) is 12.5. The van der Waals surface area contributed by atoms with E-state index >= 15 is 0 Å². The fraction of sp³-hybridized carbons (Fsp3) is 0.200. The third-order valence-corrected chi connectivity index (χ3v) is 4.12. The maximum Gasteiger partial charge on any atom is 0.0850 e. The molecular formula is C15H13Cl3. The first kappa shape index (κ1) is 13.7. The van der Waals surface area contributed by atoms with Crippen molar-refractivity contribution in [2.24, 2.45) is 0 Å². The molecule has 0 radical (unpaired) electrons. The van der Waals surface area contributed by atoms with Gasteiger partial charge >= 0.3 is 0 Å². The summed E-state index contributed by atoms with van der Waals surface area (Å²) in [6.45, 7) is 4.15. The van der Waals surface area contributed by atoms with Gasteiger partial charge in [-0.05, 0) is 54.3 Å². The SMILES string of the molecule is Cc1ccc(C(Cl)c2cc(Cl)ccc2Cl)cc1C. The van der Waals surface area contributed by atoms with Crippen LogP contribution in [0.4, 0.5) is 0 Å². The summed E-state index contributed by atoms with van der Waals surface area (Å²) in [4.78, 5) is 0. The summed E-state index contributed by atoms with van der Waals surface area (Å²) in [5.74, 6) is 0. The average molecular weight is 300 g/mol. The van der Waals surface area contributed by atoms with E-state index in [2.05, 4.69) is 26.0 Å². The maximum atomic E-state index is 6.49. The van der Waals surface area contributed by atoms with Crippen LogP contribution in [-0.4, -0.2) is 0 Å². The Kier molecular flexibility index (Phi) is 4.21. The second-order valence-corrected chi connectivity index (χ2v) is 5.65. The molecule has 0 spiro atoms. The molecule has 0 aliphatic rings. The predicted molar refractivity (Wildman–Crippen MR) is 80.1 cm³/mol. The Morgan fingerprint density at radius 3 is 2.28 bits per heavy atom. The molecule has 3 heteroatoms. The van der Waals surface area contributed by atoms with Gasteiger partial charge in [-0.15, -0.1) is 11.6 Å². The van der Waals surface area contributed by atoms with Crippen molar-refractivity contribution in [2.45, 2.75) is 19.2 Å². The topological polar surface area (TPSA) is 0 Å². The summed E-state index contributed by atoms with van der Waals surface area (Å²) >= 11 is 18.6. The van der Waals surface area contributed by atoms with Crippen LogP contribution in [-0.2, 0) is 0 Å². The van der Waals surface area contributed by atoms with Crippen molar-refractivity contribution in [1.29, 1.82) is 0 Å². The highest BCUT2D eigenvalue weighted by Crippen LogP contribution is 2.35. The van der Waals surface area contributed by atoms with E-state index in [1.165, 1.54) is 11.1 Å². The van der Waals surface area contributed by atoms with Crippen molar-refractivity contribution in [3.63, 3.8) is 0 Å². The largest absolute Gasteiger partial charge is 0.113 e. The molecular weight excluding hydrogens is 287 g/mol. The molecule has 1 unspecified atom stereocenters. The lowest BCUT2D eigenvalue weighted by molar-refractivity contribution is 1.12. The van der Waals surface area contributed by atoms with Crippen molar-refractivity contribution in [1.82, 2.24) is 0 Å². The smallest absolute Gasteiger partial charge is 0.0850 e. The number of halogens is 3. The summed E-state index contributed by atoms with van der Waals surface area (Å²) in [5.41, 5.74) is 4.34. The Balaban J connectivity index is 2.44. The highest BCUT2D eigenvalue weighted by molar-refractivity contribution is 6.35. The molecule has 0 N–H and O–H groups in total. The highest BCUT2D eigenvalue weighted by Gasteiger charge is 2.15. The van der Waals surface area contributed by atoms with Gasteiger partial charge in [-0.3, -0.25) is 0 Å². The zero-order valence-corrected chi connectivity index (χ0v) is 12.4. The van der Waals surface area contributed by atoms with Crippen LogP contribution in [0, 0.1) is 13.8 Å². The first-order valence-electron chi connectivity index (χ1n) is 5.65. The Morgan fingerprint density at radius 1 is 0.889 bits per heavy atom. The second-order valence-electron chi connectivity index (χ2n) is 4.37. The molecule has 0 nitrogen and oxygen atoms in total. The fourth-order valence-electron chi connectivity index (χ4n) is 1.81. The lowest BCUT2D eigenvalue weighted by Crippen LogP contribution is -1.96. The molecule has 0 heterocycles. The summed E-state index contributed by atoms with van der Waals surface area (Å²) in [5, 5.41) is 0.997. The number of rotatable bonds is 2. The van der Waals surface area contributed by atoms with Gasteiger partial charge in [-0.2, -0.15) is 0 Å². The summed E-state index contributed by atoms with van der Waals surface area (Å²) in [6, 6.07) is 11.5. The molecule has 2 aromatic carbocycles. The minimum Gasteiger partial charge on any atom is -0.113 e. The van der Waals surface area contributed by atoms with Crippen LogP contribution in [0.1, 0.15) is 27.6 Å². The lowest BCUT2D eigenvalue weighted by atomic mass is 10.00. The predicted octanol–water partition coefficient (Wildman–Crippen LogP) is 5.94. The van der Waals surface area contributed by atoms with Gasteiger partial charge in [0.2, 0.25) is 0 Å². The van der Waals surface area contributed by atoms with Crippen molar-refractivity contribution in [3.8, 4) is 0 Å². The zero-order valence-electron chi connectivity index (χ0n) is 10.2. The summed E-state index contributed by atoms with van der Waals surface area (Å²) in [7, 11) is 0. The highest BCUT2D eigenvalue weighted by atomic mass is 35.5. The number of benzene rings is 2. The number of alkyl halides is 1. The molecule has 0 amide bonds. The molecule has 18 heavy (non-hydrogen) atoms. The van der Waals surface area contributed by atoms with Crippen molar-refractivity contribution < 1.29 is 0 Å². The van der Waals surface area contributed by atoms with Gasteiger partial charge in [0, 0.05) is 10.0 Å². The minimum atomic E-state index is -0.282. The van der Waals surface area contributed by atoms with E-state index in [1.807, 2.05) is 12.1 Å². The Hall–Kier alpha value is -0.690.